The maximum atomic E-state index is 12.8. The Morgan fingerprint density at radius 2 is 2.09 bits per heavy atom. The van der Waals surface area contributed by atoms with Gasteiger partial charge in [-0.05, 0) is 0 Å². The fourth-order valence-corrected chi connectivity index (χ4v) is 0.948. The smallest absolute Gasteiger partial charge is 0.305 e. The van der Waals surface area contributed by atoms with Crippen LogP contribution in [0.5, 0.6) is 0 Å². The number of rotatable bonds is 0. The Kier molecular flexibility index (Phi) is 2.32. The van der Waals surface area contributed by atoms with Crippen molar-refractivity contribution in [3.05, 3.63) is 11.8 Å². The molecule has 1 atom stereocenters. The Hall–Kier alpha value is -0.380. The number of hydrogen-bond acceptors (Lipinski definition) is 1. The van der Waals surface area contributed by atoms with Gasteiger partial charge in [0.2, 0.25) is 0 Å². The minimum absolute atomic E-state index is 0.213. The van der Waals surface area contributed by atoms with E-state index in [0.29, 0.717) is 0 Å². The van der Waals surface area contributed by atoms with Gasteiger partial charge in [0.05, 0.1) is 13.0 Å². The molecule has 0 bridgehead atoms. The van der Waals surface area contributed by atoms with E-state index >= 15 is 0 Å². The summed E-state index contributed by atoms with van der Waals surface area (Å²) < 4.78 is 41.6. The molecule has 11 heavy (non-hydrogen) atoms. The second-order valence-electron chi connectivity index (χ2n) is 2.31. The molecule has 0 N–H and O–H groups in total. The molecule has 0 aromatic rings. The molecule has 0 aliphatic carbocycles. The molecule has 1 heterocycles. The molecule has 1 aliphatic rings. The summed E-state index contributed by atoms with van der Waals surface area (Å²) in [6, 6.07) is -1.36. The molecular weight excluding hydrogens is 181 g/mol. The van der Waals surface area contributed by atoms with Crippen LogP contribution in [-0.4, -0.2) is 11.7 Å². The average molecular weight is 187 g/mol. The van der Waals surface area contributed by atoms with Crippen molar-refractivity contribution in [1.29, 1.82) is 0 Å². The van der Waals surface area contributed by atoms with Gasteiger partial charge in [-0.1, -0.05) is 11.6 Å². The summed E-state index contributed by atoms with van der Waals surface area (Å²) in [5.41, 5.74) is 0. The lowest BCUT2D eigenvalue weighted by atomic mass is 10.2. The Morgan fingerprint density at radius 1 is 1.45 bits per heavy atom. The van der Waals surface area contributed by atoms with Crippen LogP contribution in [0.4, 0.5) is 13.2 Å². The average Bonchev–Trinajstić information content (AvgIpc) is 1.93. The third kappa shape index (κ3) is 2.29. The minimum atomic E-state index is -2.21. The van der Waals surface area contributed by atoms with Gasteiger partial charge < -0.3 is 4.74 Å². The highest BCUT2D eigenvalue weighted by Gasteiger charge is 2.33. The summed E-state index contributed by atoms with van der Waals surface area (Å²) in [4.78, 5) is 0. The maximum Gasteiger partial charge on any atom is 0.305 e. The molecular formula is C6H6ClF3O. The fraction of sp³-hybridized carbons (Fsp3) is 0.667. The van der Waals surface area contributed by atoms with E-state index in [9.17, 15) is 13.2 Å². The van der Waals surface area contributed by atoms with E-state index in [1.54, 1.807) is 0 Å². The normalized spacial score (nSPS) is 33.1. The Balaban J connectivity index is 2.74. The first kappa shape index (κ1) is 8.71. The van der Waals surface area contributed by atoms with Gasteiger partial charge in [0, 0.05) is 6.42 Å². The monoisotopic (exact) mass is 186 g/mol. The summed E-state index contributed by atoms with van der Waals surface area (Å²) in [5, 5.41) is -2.21. The SMILES string of the molecule is FC1=C(F)OCCC(F)(Cl)C1. The second-order valence-corrected chi connectivity index (χ2v) is 2.99. The topological polar surface area (TPSA) is 9.23 Å². The van der Waals surface area contributed by atoms with Gasteiger partial charge in [-0.3, -0.25) is 0 Å². The first-order valence-electron chi connectivity index (χ1n) is 3.06. The van der Waals surface area contributed by atoms with Gasteiger partial charge >= 0.3 is 6.01 Å². The van der Waals surface area contributed by atoms with Gasteiger partial charge in [-0.15, -0.1) is 0 Å². The lowest BCUT2D eigenvalue weighted by Crippen LogP contribution is -2.14. The molecule has 1 unspecified atom stereocenters. The molecule has 5 heteroatoms. The number of allylic oxidation sites excluding steroid dienone is 1. The number of ether oxygens (including phenoxy) is 1. The fourth-order valence-electron chi connectivity index (χ4n) is 0.753. The number of hydrogen-bond donors (Lipinski definition) is 0. The lowest BCUT2D eigenvalue weighted by Gasteiger charge is -2.11. The molecule has 1 aliphatic heterocycles. The van der Waals surface area contributed by atoms with Crippen molar-refractivity contribution in [2.75, 3.05) is 6.61 Å². The van der Waals surface area contributed by atoms with E-state index in [-0.39, 0.29) is 13.0 Å². The lowest BCUT2D eigenvalue weighted by molar-refractivity contribution is 0.125. The summed E-state index contributed by atoms with van der Waals surface area (Å²) in [6.45, 7) is -0.237. The Bertz CT molecular complexity index is 190. The zero-order valence-corrected chi connectivity index (χ0v) is 6.30. The number of halogens is 4. The Morgan fingerprint density at radius 3 is 2.73 bits per heavy atom. The van der Waals surface area contributed by atoms with E-state index < -0.39 is 23.4 Å². The zero-order valence-electron chi connectivity index (χ0n) is 5.54. The van der Waals surface area contributed by atoms with Crippen molar-refractivity contribution in [2.45, 2.75) is 18.0 Å². The molecule has 0 saturated carbocycles. The van der Waals surface area contributed by atoms with Crippen molar-refractivity contribution < 1.29 is 17.9 Å². The molecule has 1 nitrogen and oxygen atoms in total. The zero-order chi connectivity index (χ0) is 8.48. The summed E-state index contributed by atoms with van der Waals surface area (Å²) in [7, 11) is 0. The van der Waals surface area contributed by atoms with Crippen LogP contribution < -0.4 is 0 Å². The van der Waals surface area contributed by atoms with E-state index in [4.69, 9.17) is 11.6 Å². The van der Waals surface area contributed by atoms with Crippen molar-refractivity contribution in [2.24, 2.45) is 0 Å². The third-order valence-corrected chi connectivity index (χ3v) is 1.65. The first-order chi connectivity index (χ1) is 5.01. The molecule has 0 spiro atoms. The van der Waals surface area contributed by atoms with Crippen LogP contribution in [-0.2, 0) is 4.74 Å². The highest BCUT2D eigenvalue weighted by molar-refractivity contribution is 6.22. The van der Waals surface area contributed by atoms with Crippen LogP contribution in [0.3, 0.4) is 0 Å². The predicted octanol–water partition coefficient (Wildman–Crippen LogP) is 2.81. The van der Waals surface area contributed by atoms with E-state index in [0.717, 1.165) is 0 Å². The Labute approximate surface area is 66.8 Å². The van der Waals surface area contributed by atoms with E-state index in [1.807, 2.05) is 0 Å². The predicted molar refractivity (Wildman–Crippen MR) is 34.1 cm³/mol. The van der Waals surface area contributed by atoms with Crippen molar-refractivity contribution in [3.8, 4) is 0 Å². The van der Waals surface area contributed by atoms with Gasteiger partial charge in [0.15, 0.2) is 11.0 Å². The minimum Gasteiger partial charge on any atom is -0.469 e. The van der Waals surface area contributed by atoms with Crippen LogP contribution in [0, 0.1) is 0 Å². The first-order valence-corrected chi connectivity index (χ1v) is 3.44. The van der Waals surface area contributed by atoms with E-state index in [2.05, 4.69) is 4.74 Å². The highest BCUT2D eigenvalue weighted by atomic mass is 35.5. The molecule has 0 fully saturated rings. The molecule has 0 aromatic carbocycles. The van der Waals surface area contributed by atoms with Gasteiger partial charge in [-0.2, -0.15) is 4.39 Å². The molecule has 1 rings (SSSR count). The summed E-state index contributed by atoms with van der Waals surface area (Å²) >= 11 is 5.15. The highest BCUT2D eigenvalue weighted by Crippen LogP contribution is 2.34. The summed E-state index contributed by atoms with van der Waals surface area (Å²) in [6.07, 6.45) is -0.976. The maximum absolute atomic E-state index is 12.8. The van der Waals surface area contributed by atoms with Crippen molar-refractivity contribution in [3.63, 3.8) is 0 Å². The van der Waals surface area contributed by atoms with Gasteiger partial charge in [-0.25, -0.2) is 8.78 Å². The molecule has 0 radical (unpaired) electrons. The molecule has 0 aromatic heterocycles. The van der Waals surface area contributed by atoms with Crippen LogP contribution >= 0.6 is 11.6 Å². The standard InChI is InChI=1S/C6H6ClF3O/c7-6(10)1-2-11-5(9)4(8)3-6/h1-3H2. The molecule has 64 valence electrons. The van der Waals surface area contributed by atoms with Crippen LogP contribution in [0.2, 0.25) is 0 Å². The summed E-state index contributed by atoms with van der Waals surface area (Å²) in [5.74, 6) is -1.26. The third-order valence-electron chi connectivity index (χ3n) is 1.32. The van der Waals surface area contributed by atoms with E-state index in [1.165, 1.54) is 0 Å². The van der Waals surface area contributed by atoms with Crippen LogP contribution in [0.1, 0.15) is 12.8 Å². The molecule has 0 saturated heterocycles. The number of alkyl halides is 2. The van der Waals surface area contributed by atoms with Crippen molar-refractivity contribution >= 4 is 11.6 Å². The van der Waals surface area contributed by atoms with Gasteiger partial charge in [0.25, 0.3) is 0 Å². The second kappa shape index (κ2) is 2.93. The molecule has 0 amide bonds. The van der Waals surface area contributed by atoms with Crippen LogP contribution in [0.15, 0.2) is 11.8 Å². The largest absolute Gasteiger partial charge is 0.469 e. The van der Waals surface area contributed by atoms with Crippen LogP contribution in [0.25, 0.3) is 0 Å². The van der Waals surface area contributed by atoms with Gasteiger partial charge in [0.1, 0.15) is 0 Å². The van der Waals surface area contributed by atoms with Crippen molar-refractivity contribution in [1.82, 2.24) is 0 Å². The quantitative estimate of drug-likeness (QED) is 0.529.